The highest BCUT2D eigenvalue weighted by Crippen LogP contribution is 2.61. The zero-order valence-corrected chi connectivity index (χ0v) is 40.0. The summed E-state index contributed by atoms with van der Waals surface area (Å²) < 4.78 is 6.16. The Morgan fingerprint density at radius 3 is 2.57 bits per heavy atom. The first-order valence-electron chi connectivity index (χ1n) is 24.0. The van der Waals surface area contributed by atoms with Crippen molar-refractivity contribution < 1.29 is 40.2 Å². The fourth-order valence-electron chi connectivity index (χ4n) is 11.9. The lowest BCUT2D eigenvalue weighted by Crippen LogP contribution is -2.39. The van der Waals surface area contributed by atoms with Crippen LogP contribution in [-0.4, -0.2) is 68.2 Å². The summed E-state index contributed by atoms with van der Waals surface area (Å²) in [5.41, 5.74) is 18.8. The molecule has 8 unspecified atom stereocenters. The number of carbonyl (C=O) groups excluding carboxylic acids is 1. The number of phenolic OH excluding ortho intramolecular Hbond substituents is 2. The van der Waals surface area contributed by atoms with Crippen LogP contribution in [0.3, 0.4) is 0 Å². The van der Waals surface area contributed by atoms with Crippen LogP contribution in [0.25, 0.3) is 0 Å². The number of fused-ring (bicyclic) bond motifs is 10. The maximum Gasteiger partial charge on any atom is 0.161 e. The number of ketones is 1. The second-order valence-corrected chi connectivity index (χ2v) is 22.3. The number of allylic oxidation sites excluding steroid dienone is 7. The Hall–Kier alpha value is -4.78. The molecule has 0 saturated heterocycles. The minimum absolute atomic E-state index is 0.0165. The van der Waals surface area contributed by atoms with Gasteiger partial charge in [0.1, 0.15) is 5.75 Å². The average Bonchev–Trinajstić information content (AvgIpc) is 4.06. The van der Waals surface area contributed by atoms with Crippen LogP contribution in [0.1, 0.15) is 115 Å². The molecule has 4 aliphatic carbocycles. The number of aliphatic hydroxyl groups excluding tert-OH is 3. The summed E-state index contributed by atoms with van der Waals surface area (Å²) in [4.78, 5) is 18.2. The highest BCUT2D eigenvalue weighted by Gasteiger charge is 2.53. The molecule has 3 aromatic carbocycles. The van der Waals surface area contributed by atoms with Crippen molar-refractivity contribution in [3.8, 4) is 29.1 Å². The molecule has 2 fully saturated rings. The molecule has 8 bridgehead atoms. The Morgan fingerprint density at radius 2 is 1.75 bits per heavy atom. The fourth-order valence-corrected chi connectivity index (χ4v) is 14.4. The van der Waals surface area contributed by atoms with Crippen molar-refractivity contribution >= 4 is 33.1 Å². The number of aromatic hydroxyl groups is 2. The molecule has 11 nitrogen and oxygen atoms in total. The number of aliphatic imine (C=N–C) groups is 1. The van der Waals surface area contributed by atoms with Crippen molar-refractivity contribution in [2.24, 2.45) is 45.0 Å². The van der Waals surface area contributed by atoms with Gasteiger partial charge in [0.25, 0.3) is 0 Å². The van der Waals surface area contributed by atoms with Crippen molar-refractivity contribution in [2.45, 2.75) is 107 Å². The van der Waals surface area contributed by atoms with Crippen molar-refractivity contribution in [1.29, 1.82) is 0 Å². The standard InChI is InChI=1S/C55H63N3O8S2/c56-53(57)44-23-35-3-1-5-47-42(15-19-58-47)50(64)25-45-43(35)24-36(44)31-67-68-32-37-26-55(29-51(37)65,39-10-9-38-4-2-17-54(38,27-39)28-41(61)30-59)18-14-40(60)11-6-33-8-13-49(63)52(22-33)66-20-16-34-7-12-48(62)46(45)21-34/h7-10,12-15,18-19,21-24,37-39,41,45,51,53,59,61-65H,2,4-6,11,16-17,20,25-32,56-57H2/p-1. The average molecular weight is 957 g/mol. The van der Waals surface area contributed by atoms with E-state index in [4.69, 9.17) is 16.2 Å². The molecule has 3 aromatic rings. The number of aliphatic hydroxyl groups is 3. The molecule has 358 valence electrons. The van der Waals surface area contributed by atoms with E-state index >= 15 is 0 Å². The van der Waals surface area contributed by atoms with Crippen LogP contribution in [0.4, 0.5) is 0 Å². The number of carbonyl (C=O) groups is 1. The summed E-state index contributed by atoms with van der Waals surface area (Å²) in [6, 6.07) is 14.5. The molecule has 2 saturated carbocycles. The maximum absolute atomic E-state index is 14.2. The fraction of sp³-hybridized carbons (Fsp3) is 0.455. The van der Waals surface area contributed by atoms with Crippen LogP contribution in [0, 0.1) is 40.4 Å². The highest BCUT2D eigenvalue weighted by molar-refractivity contribution is 8.76. The second-order valence-electron chi connectivity index (χ2n) is 19.8. The van der Waals surface area contributed by atoms with Crippen molar-refractivity contribution in [3.63, 3.8) is 0 Å². The normalized spacial score (nSPS) is 28.9. The van der Waals surface area contributed by atoms with E-state index in [1.165, 1.54) is 0 Å². The Bertz CT molecular complexity index is 2630. The van der Waals surface area contributed by atoms with Gasteiger partial charge in [-0.05, 0) is 150 Å². The Morgan fingerprint density at radius 1 is 0.941 bits per heavy atom. The summed E-state index contributed by atoms with van der Waals surface area (Å²) in [6.07, 6.45) is 16.6. The molecule has 68 heavy (non-hydrogen) atoms. The van der Waals surface area contributed by atoms with Gasteiger partial charge in [-0.1, -0.05) is 82.3 Å². The first-order chi connectivity index (χ1) is 32.8. The van der Waals surface area contributed by atoms with Gasteiger partial charge in [0.2, 0.25) is 0 Å². The van der Waals surface area contributed by atoms with E-state index in [0.717, 1.165) is 53.5 Å². The van der Waals surface area contributed by atoms with Crippen LogP contribution in [0.15, 0.2) is 101 Å². The third kappa shape index (κ3) is 10.2. The van der Waals surface area contributed by atoms with Gasteiger partial charge >= 0.3 is 0 Å². The van der Waals surface area contributed by atoms with Crippen LogP contribution in [-0.2, 0) is 23.4 Å². The third-order valence-corrected chi connectivity index (χ3v) is 17.9. The topological polar surface area (TPSA) is 215 Å². The summed E-state index contributed by atoms with van der Waals surface area (Å²) in [6.45, 7) is -0.0736. The molecule has 8 atom stereocenters. The summed E-state index contributed by atoms with van der Waals surface area (Å²) in [5.74, 6) is 7.64. The van der Waals surface area contributed by atoms with Crippen molar-refractivity contribution in [1.82, 2.24) is 0 Å². The van der Waals surface area contributed by atoms with Gasteiger partial charge in [0, 0.05) is 47.6 Å². The molecule has 9 N–H and O–H groups in total. The van der Waals surface area contributed by atoms with Gasteiger partial charge < -0.3 is 46.8 Å². The van der Waals surface area contributed by atoms with Crippen LogP contribution >= 0.6 is 21.6 Å². The predicted molar refractivity (Wildman–Crippen MR) is 267 cm³/mol. The van der Waals surface area contributed by atoms with Crippen LogP contribution < -0.4 is 21.3 Å². The van der Waals surface area contributed by atoms with E-state index in [0.29, 0.717) is 84.1 Å². The largest absolute Gasteiger partial charge is 0.875 e. The van der Waals surface area contributed by atoms with Gasteiger partial charge in [-0.25, -0.2) is 0 Å². The minimum atomic E-state index is -0.814. The Kier molecular flexibility index (Phi) is 14.7. The van der Waals surface area contributed by atoms with Crippen molar-refractivity contribution in [3.05, 3.63) is 135 Å². The van der Waals surface area contributed by atoms with E-state index in [9.17, 15) is 35.4 Å². The number of hydrogen-bond acceptors (Lipinski definition) is 13. The highest BCUT2D eigenvalue weighted by atomic mass is 33.1. The monoisotopic (exact) mass is 956 g/mol. The van der Waals surface area contributed by atoms with Gasteiger partial charge in [-0.15, -0.1) is 5.76 Å². The van der Waals surface area contributed by atoms with Gasteiger partial charge in [-0.2, -0.15) is 0 Å². The van der Waals surface area contributed by atoms with E-state index in [-0.39, 0.29) is 66.3 Å². The number of ether oxygens (including phenoxy) is 1. The molecular formula is C55H62N3O8S2-. The van der Waals surface area contributed by atoms with Crippen LogP contribution in [0.2, 0.25) is 0 Å². The summed E-state index contributed by atoms with van der Waals surface area (Å²) >= 11 is 0. The number of nitrogens with two attached hydrogens (primary N) is 2. The molecule has 2 aliphatic heterocycles. The molecule has 2 heterocycles. The molecular weight excluding hydrogens is 895 g/mol. The molecule has 0 radical (unpaired) electrons. The van der Waals surface area contributed by atoms with E-state index in [1.54, 1.807) is 64.2 Å². The van der Waals surface area contributed by atoms with Gasteiger partial charge in [-0.3, -0.25) is 9.79 Å². The lowest BCUT2D eigenvalue weighted by atomic mass is 9.58. The Balaban J connectivity index is 1.08. The minimum Gasteiger partial charge on any atom is -0.875 e. The molecule has 0 aromatic heterocycles. The second kappa shape index (κ2) is 20.7. The quantitative estimate of drug-likeness (QED) is 0.0581. The molecule has 6 aliphatic rings. The van der Waals surface area contributed by atoms with E-state index in [2.05, 4.69) is 35.1 Å². The van der Waals surface area contributed by atoms with Crippen molar-refractivity contribution in [2.75, 3.05) is 19.0 Å². The predicted octanol–water partition coefficient (Wildman–Crippen LogP) is 7.31. The smallest absolute Gasteiger partial charge is 0.161 e. The SMILES string of the molecule is NC(N)c1cc2c3cc1CSSCC1CC(C4C=CC5CCCC5(CC(O)CO)C4)(C=CC(=O)CCc4ccc(O)c(c4)OCCc4ccc(O)c(c4)C3CC([O-])=C3C=CN=C3CC#C2)CC1O. The number of phenols is 2. The lowest BCUT2D eigenvalue weighted by molar-refractivity contribution is -0.307. The number of benzene rings is 3. The summed E-state index contributed by atoms with van der Waals surface area (Å²) in [5, 5.41) is 69.2. The maximum atomic E-state index is 14.2. The number of rotatable bonds is 5. The van der Waals surface area contributed by atoms with E-state index in [1.807, 2.05) is 24.3 Å². The van der Waals surface area contributed by atoms with Gasteiger partial charge in [0.15, 0.2) is 17.3 Å². The first-order valence-corrected chi connectivity index (χ1v) is 26.5. The molecule has 13 heteroatoms. The lowest BCUT2D eigenvalue weighted by Gasteiger charge is -2.46. The zero-order valence-electron chi connectivity index (χ0n) is 38.3. The van der Waals surface area contributed by atoms with E-state index < -0.39 is 29.7 Å². The number of nitrogens with zero attached hydrogens (tertiary/aromatic N) is 1. The van der Waals surface area contributed by atoms with Gasteiger partial charge in [0.05, 0.1) is 43.7 Å². The zero-order chi connectivity index (χ0) is 47.6. The summed E-state index contributed by atoms with van der Waals surface area (Å²) in [7, 11) is 3.32. The Labute approximate surface area is 407 Å². The number of aryl methyl sites for hydroxylation is 1. The first kappa shape index (κ1) is 48.3. The number of hydrogen-bond donors (Lipinski definition) is 7. The molecule has 0 amide bonds. The van der Waals surface area contributed by atoms with Crippen LogP contribution in [0.5, 0.6) is 17.2 Å². The third-order valence-electron chi connectivity index (χ3n) is 15.5. The molecule has 0 spiro atoms. The molecule has 9 rings (SSSR count).